The molecule has 0 radical (unpaired) electrons. The van der Waals surface area contributed by atoms with Gasteiger partial charge < -0.3 is 19.9 Å². The fraction of sp³-hybridized carbons (Fsp3) is 0.333. The molecule has 40 heavy (non-hydrogen) atoms. The summed E-state index contributed by atoms with van der Waals surface area (Å²) in [5.41, 5.74) is 1.52. The van der Waals surface area contributed by atoms with Crippen molar-refractivity contribution in [2.75, 3.05) is 19.8 Å². The van der Waals surface area contributed by atoms with E-state index in [2.05, 4.69) is 28.2 Å². The maximum absolute atomic E-state index is 14.0. The van der Waals surface area contributed by atoms with Crippen molar-refractivity contribution in [1.29, 1.82) is 0 Å². The smallest absolute Gasteiger partial charge is 0.252 e. The van der Waals surface area contributed by atoms with E-state index in [9.17, 15) is 4.79 Å². The predicted molar refractivity (Wildman–Crippen MR) is 164 cm³/mol. The van der Waals surface area contributed by atoms with Crippen LogP contribution >= 0.6 is 15.9 Å². The number of rotatable bonds is 14. The van der Waals surface area contributed by atoms with Gasteiger partial charge in [0.05, 0.1) is 6.61 Å². The van der Waals surface area contributed by atoms with E-state index in [1.807, 2.05) is 91.0 Å². The third-order valence-electron chi connectivity index (χ3n) is 6.81. The number of carbonyl (C=O) groups excluding carboxylic acids is 1. The van der Waals surface area contributed by atoms with Crippen LogP contribution in [-0.4, -0.2) is 42.2 Å². The number of aliphatic imine (C=N–C) groups is 1. The lowest BCUT2D eigenvalue weighted by atomic mass is 9.84. The summed E-state index contributed by atoms with van der Waals surface area (Å²) >= 11 is 3.52. The van der Waals surface area contributed by atoms with E-state index in [1.165, 1.54) is 0 Å². The molecule has 6 nitrogen and oxygen atoms in total. The molecule has 2 atom stereocenters. The number of carbonyl (C=O) groups is 1. The van der Waals surface area contributed by atoms with E-state index < -0.39 is 11.6 Å². The highest BCUT2D eigenvalue weighted by Crippen LogP contribution is 2.43. The number of unbranched alkanes of at least 4 members (excludes halogenated alkanes) is 2. The molecular formula is C33H37BrN2O4. The highest BCUT2D eigenvalue weighted by atomic mass is 79.9. The topological polar surface area (TPSA) is 80.2 Å². The van der Waals surface area contributed by atoms with Crippen LogP contribution in [0.1, 0.15) is 61.8 Å². The standard InChI is InChI=1S/C33H37BrN2O4/c1-2-3-7-22-35-32(38)33(21-8-12-25-10-5-4-6-11-25)30(26-13-17-28(34)18-14-26)40-31(36-33)27-15-19-29(20-16-27)39-24-9-23-37/h4-6,8,10-20,30,37H,2-3,7,9,21-24H2,1H3,(H,35,38)/b12-8+/t30-,33-/m1/s1. The lowest BCUT2D eigenvalue weighted by Gasteiger charge is -2.30. The molecular weight excluding hydrogens is 568 g/mol. The minimum absolute atomic E-state index is 0.0848. The zero-order valence-corrected chi connectivity index (χ0v) is 24.5. The van der Waals surface area contributed by atoms with Gasteiger partial charge in [0, 0.05) is 36.0 Å². The summed E-state index contributed by atoms with van der Waals surface area (Å²) in [5.74, 6) is 0.978. The average molecular weight is 606 g/mol. The zero-order valence-electron chi connectivity index (χ0n) is 22.9. The molecule has 2 N–H and O–H groups in total. The highest BCUT2D eigenvalue weighted by Gasteiger charge is 2.52. The number of nitrogens with one attached hydrogen (secondary N) is 1. The van der Waals surface area contributed by atoms with Crippen LogP contribution in [-0.2, 0) is 9.53 Å². The van der Waals surface area contributed by atoms with E-state index in [0.29, 0.717) is 37.6 Å². The summed E-state index contributed by atoms with van der Waals surface area (Å²) in [6.45, 7) is 3.26. The van der Waals surface area contributed by atoms with Crippen LogP contribution in [0.2, 0.25) is 0 Å². The fourth-order valence-electron chi connectivity index (χ4n) is 4.62. The number of hydrogen-bond donors (Lipinski definition) is 2. The summed E-state index contributed by atoms with van der Waals surface area (Å²) in [5, 5.41) is 12.2. The summed E-state index contributed by atoms with van der Waals surface area (Å²) in [4.78, 5) is 19.1. The molecule has 3 aromatic carbocycles. The van der Waals surface area contributed by atoms with E-state index in [4.69, 9.17) is 19.6 Å². The molecule has 1 heterocycles. The highest BCUT2D eigenvalue weighted by molar-refractivity contribution is 9.10. The summed E-state index contributed by atoms with van der Waals surface area (Å²) < 4.78 is 13.2. The van der Waals surface area contributed by atoms with Crippen molar-refractivity contribution in [3.8, 4) is 5.75 Å². The second-order valence-corrected chi connectivity index (χ2v) is 10.7. The van der Waals surface area contributed by atoms with Crippen molar-refractivity contribution in [2.45, 2.75) is 50.7 Å². The second kappa shape index (κ2) is 14.8. The largest absolute Gasteiger partial charge is 0.494 e. The minimum atomic E-state index is -1.18. The number of benzene rings is 3. The predicted octanol–water partition coefficient (Wildman–Crippen LogP) is 6.88. The fourth-order valence-corrected chi connectivity index (χ4v) is 4.89. The molecule has 1 aliphatic heterocycles. The number of nitrogens with zero attached hydrogens (tertiary/aromatic N) is 1. The van der Waals surface area contributed by atoms with Gasteiger partial charge in [-0.1, -0.05) is 90.3 Å². The Morgan fingerprint density at radius 1 is 1.05 bits per heavy atom. The van der Waals surface area contributed by atoms with Crippen molar-refractivity contribution in [2.24, 2.45) is 4.99 Å². The van der Waals surface area contributed by atoms with Crippen LogP contribution in [0.15, 0.2) is 94.4 Å². The van der Waals surface area contributed by atoms with Crippen molar-refractivity contribution < 1.29 is 19.4 Å². The Morgan fingerprint density at radius 2 is 1.80 bits per heavy atom. The molecule has 1 aliphatic rings. The number of ether oxygens (including phenoxy) is 2. The normalized spacial score (nSPS) is 18.4. The van der Waals surface area contributed by atoms with Crippen molar-refractivity contribution in [1.82, 2.24) is 5.32 Å². The number of halogens is 1. The van der Waals surface area contributed by atoms with Crippen LogP contribution in [0.25, 0.3) is 6.08 Å². The maximum Gasteiger partial charge on any atom is 0.252 e. The lowest BCUT2D eigenvalue weighted by molar-refractivity contribution is -0.128. The Bertz CT molecular complexity index is 1280. The summed E-state index contributed by atoms with van der Waals surface area (Å²) in [6, 6.07) is 25.4. The van der Waals surface area contributed by atoms with E-state index in [1.54, 1.807) is 0 Å². The third-order valence-corrected chi connectivity index (χ3v) is 7.34. The van der Waals surface area contributed by atoms with Crippen molar-refractivity contribution in [3.05, 3.63) is 106 Å². The Labute approximate surface area is 245 Å². The second-order valence-electron chi connectivity index (χ2n) is 9.82. The minimum Gasteiger partial charge on any atom is -0.494 e. The number of aliphatic hydroxyl groups is 1. The van der Waals surface area contributed by atoms with Crippen molar-refractivity contribution in [3.63, 3.8) is 0 Å². The molecule has 0 fully saturated rings. The van der Waals surface area contributed by atoms with Crippen LogP contribution in [0.3, 0.4) is 0 Å². The third kappa shape index (κ3) is 7.61. The summed E-state index contributed by atoms with van der Waals surface area (Å²) in [6.07, 6.45) is 7.41. The number of hydrogen-bond acceptors (Lipinski definition) is 5. The summed E-state index contributed by atoms with van der Waals surface area (Å²) in [7, 11) is 0. The number of aliphatic hydroxyl groups excluding tert-OH is 1. The van der Waals surface area contributed by atoms with Crippen molar-refractivity contribution >= 4 is 33.8 Å². The lowest BCUT2D eigenvalue weighted by Crippen LogP contribution is -2.48. The quantitative estimate of drug-likeness (QED) is 0.197. The van der Waals surface area contributed by atoms with Gasteiger partial charge in [0.2, 0.25) is 5.90 Å². The molecule has 0 bridgehead atoms. The molecule has 210 valence electrons. The molecule has 0 aromatic heterocycles. The molecule has 0 saturated heterocycles. The first-order valence-corrected chi connectivity index (χ1v) is 14.7. The van der Waals surface area contributed by atoms with Crippen LogP contribution < -0.4 is 10.1 Å². The zero-order chi connectivity index (χ0) is 28.2. The van der Waals surface area contributed by atoms with Gasteiger partial charge in [-0.2, -0.15) is 0 Å². The first-order chi connectivity index (χ1) is 19.6. The van der Waals surface area contributed by atoms with Gasteiger partial charge >= 0.3 is 0 Å². The first kappa shape index (κ1) is 29.6. The van der Waals surface area contributed by atoms with Gasteiger partial charge in [0.25, 0.3) is 5.91 Å². The Balaban J connectivity index is 1.70. The molecule has 7 heteroatoms. The van der Waals surface area contributed by atoms with Gasteiger partial charge in [-0.25, -0.2) is 4.99 Å². The van der Waals surface area contributed by atoms with Crippen LogP contribution in [0, 0.1) is 0 Å². The molecule has 0 saturated carbocycles. The van der Waals surface area contributed by atoms with E-state index in [0.717, 1.165) is 40.4 Å². The molecule has 4 rings (SSSR count). The van der Waals surface area contributed by atoms with Crippen LogP contribution in [0.5, 0.6) is 5.75 Å². The van der Waals surface area contributed by atoms with Crippen LogP contribution in [0.4, 0.5) is 0 Å². The van der Waals surface area contributed by atoms with E-state index >= 15 is 0 Å². The SMILES string of the molecule is CCCCCNC(=O)[C@]1(C/C=C/c2ccccc2)N=C(c2ccc(OCCCO)cc2)O[C@@H]1c1ccc(Br)cc1. The molecule has 3 aromatic rings. The van der Waals surface area contributed by atoms with Gasteiger partial charge in [-0.05, 0) is 53.9 Å². The molecule has 0 aliphatic carbocycles. The number of amides is 1. The maximum atomic E-state index is 14.0. The Morgan fingerprint density at radius 3 is 2.50 bits per heavy atom. The Hall–Kier alpha value is -3.42. The Kier molecular flexibility index (Phi) is 11.0. The van der Waals surface area contributed by atoms with Gasteiger partial charge in [-0.3, -0.25) is 4.79 Å². The van der Waals surface area contributed by atoms with Gasteiger partial charge in [0.1, 0.15) is 5.75 Å². The van der Waals surface area contributed by atoms with E-state index in [-0.39, 0.29) is 12.5 Å². The molecule has 0 unspecified atom stereocenters. The molecule has 1 amide bonds. The average Bonchev–Trinajstić information content (AvgIpc) is 3.37. The molecule has 0 spiro atoms. The van der Waals surface area contributed by atoms with Gasteiger partial charge in [0.15, 0.2) is 11.6 Å². The monoisotopic (exact) mass is 604 g/mol. The van der Waals surface area contributed by atoms with Gasteiger partial charge in [-0.15, -0.1) is 0 Å². The first-order valence-electron chi connectivity index (χ1n) is 13.9.